The summed E-state index contributed by atoms with van der Waals surface area (Å²) in [6, 6.07) is 10.7. The van der Waals surface area contributed by atoms with E-state index in [0.29, 0.717) is 5.69 Å². The molecule has 0 spiro atoms. The maximum absolute atomic E-state index is 11.8. The Labute approximate surface area is 105 Å². The van der Waals surface area contributed by atoms with E-state index in [1.54, 1.807) is 24.3 Å². The largest absolute Gasteiger partial charge is 0.478 e. The summed E-state index contributed by atoms with van der Waals surface area (Å²) in [7, 11) is 0. The van der Waals surface area contributed by atoms with Gasteiger partial charge in [-0.3, -0.25) is 4.79 Å². The number of hydrogen-bond acceptors (Lipinski definition) is 3. The molecular weight excluding hydrogens is 232 g/mol. The smallest absolute Gasteiger partial charge is 0.328 e. The minimum atomic E-state index is -1.18. The average Bonchev–Trinajstić information content (AvgIpc) is 2.38. The fourth-order valence-corrected chi connectivity index (χ4v) is 1.37. The number of carbonyl (C=O) groups excluding carboxylic acids is 1. The SMILES string of the molecule is N#CCCN(C(=O)/C=C/C(=O)O)c1ccccc1. The molecule has 0 bridgehead atoms. The summed E-state index contributed by atoms with van der Waals surface area (Å²) in [6.45, 7) is 0.226. The Morgan fingerprint density at radius 2 is 1.94 bits per heavy atom. The van der Waals surface area contributed by atoms with E-state index < -0.39 is 11.9 Å². The van der Waals surface area contributed by atoms with Crippen LogP contribution in [0.15, 0.2) is 42.5 Å². The van der Waals surface area contributed by atoms with Gasteiger partial charge in [0.2, 0.25) is 0 Å². The number of carboxylic acids is 1. The highest BCUT2D eigenvalue weighted by atomic mass is 16.4. The van der Waals surface area contributed by atoms with Crippen molar-refractivity contribution in [3.05, 3.63) is 42.5 Å². The fraction of sp³-hybridized carbons (Fsp3) is 0.154. The molecule has 0 aliphatic heterocycles. The molecule has 0 unspecified atom stereocenters. The van der Waals surface area contributed by atoms with Crippen LogP contribution in [0.1, 0.15) is 6.42 Å². The Kier molecular flexibility index (Phi) is 5.13. The maximum Gasteiger partial charge on any atom is 0.328 e. The molecule has 5 nitrogen and oxygen atoms in total. The molecule has 92 valence electrons. The number of rotatable bonds is 5. The minimum absolute atomic E-state index is 0.182. The minimum Gasteiger partial charge on any atom is -0.478 e. The van der Waals surface area contributed by atoms with Gasteiger partial charge < -0.3 is 10.0 Å². The quantitative estimate of drug-likeness (QED) is 0.797. The second kappa shape index (κ2) is 6.86. The van der Waals surface area contributed by atoms with Crippen LogP contribution in [0.3, 0.4) is 0 Å². The number of benzene rings is 1. The third kappa shape index (κ3) is 4.10. The lowest BCUT2D eigenvalue weighted by Gasteiger charge is -2.19. The van der Waals surface area contributed by atoms with E-state index in [4.69, 9.17) is 10.4 Å². The Morgan fingerprint density at radius 1 is 1.28 bits per heavy atom. The van der Waals surface area contributed by atoms with Crippen molar-refractivity contribution in [2.24, 2.45) is 0 Å². The molecule has 0 fully saturated rings. The van der Waals surface area contributed by atoms with Crippen LogP contribution < -0.4 is 4.90 Å². The summed E-state index contributed by atoms with van der Waals surface area (Å²) < 4.78 is 0. The van der Waals surface area contributed by atoms with Gasteiger partial charge in [0.05, 0.1) is 12.5 Å². The van der Waals surface area contributed by atoms with Crippen LogP contribution in [0.25, 0.3) is 0 Å². The second-order valence-electron chi connectivity index (χ2n) is 3.41. The molecule has 18 heavy (non-hydrogen) atoms. The summed E-state index contributed by atoms with van der Waals surface area (Å²) in [5, 5.41) is 17.0. The lowest BCUT2D eigenvalue weighted by Crippen LogP contribution is -2.30. The molecule has 0 radical (unpaired) electrons. The van der Waals surface area contributed by atoms with Gasteiger partial charge in [-0.25, -0.2) is 4.79 Å². The van der Waals surface area contributed by atoms with Crippen LogP contribution in [-0.2, 0) is 9.59 Å². The topological polar surface area (TPSA) is 81.4 Å². The summed E-state index contributed by atoms with van der Waals surface area (Å²) in [6.07, 6.45) is 1.94. The van der Waals surface area contributed by atoms with Gasteiger partial charge in [-0.15, -0.1) is 0 Å². The van der Waals surface area contributed by atoms with E-state index in [1.165, 1.54) is 4.90 Å². The first-order valence-electron chi connectivity index (χ1n) is 5.29. The third-order valence-corrected chi connectivity index (χ3v) is 2.15. The number of anilines is 1. The number of nitriles is 1. The number of para-hydroxylation sites is 1. The fourth-order valence-electron chi connectivity index (χ4n) is 1.37. The van der Waals surface area contributed by atoms with Crippen molar-refractivity contribution in [3.8, 4) is 6.07 Å². The highest BCUT2D eigenvalue weighted by molar-refractivity contribution is 6.04. The summed E-state index contributed by atoms with van der Waals surface area (Å²) in [5.41, 5.74) is 0.632. The second-order valence-corrected chi connectivity index (χ2v) is 3.41. The predicted octanol–water partition coefficient (Wildman–Crippen LogP) is 1.57. The van der Waals surface area contributed by atoms with Crippen LogP contribution in [0.4, 0.5) is 5.69 Å². The van der Waals surface area contributed by atoms with Crippen LogP contribution >= 0.6 is 0 Å². The van der Waals surface area contributed by atoms with Crippen molar-refractivity contribution in [1.82, 2.24) is 0 Å². The highest BCUT2D eigenvalue weighted by Crippen LogP contribution is 2.14. The highest BCUT2D eigenvalue weighted by Gasteiger charge is 2.12. The molecule has 0 aromatic heterocycles. The zero-order valence-electron chi connectivity index (χ0n) is 9.61. The Bertz CT molecular complexity index is 489. The summed E-state index contributed by atoms with van der Waals surface area (Å²) in [4.78, 5) is 23.6. The monoisotopic (exact) mass is 244 g/mol. The van der Waals surface area contributed by atoms with Crippen molar-refractivity contribution < 1.29 is 14.7 Å². The molecular formula is C13H12N2O3. The average molecular weight is 244 g/mol. The van der Waals surface area contributed by atoms with Gasteiger partial charge in [-0.2, -0.15) is 5.26 Å². The van der Waals surface area contributed by atoms with E-state index in [0.717, 1.165) is 12.2 Å². The number of carbonyl (C=O) groups is 2. The van der Waals surface area contributed by atoms with E-state index in [9.17, 15) is 9.59 Å². The molecule has 1 rings (SSSR count). The Balaban J connectivity index is 2.89. The van der Waals surface area contributed by atoms with Crippen molar-refractivity contribution >= 4 is 17.6 Å². The van der Waals surface area contributed by atoms with Gasteiger partial charge in [0, 0.05) is 24.4 Å². The zero-order valence-corrected chi connectivity index (χ0v) is 9.61. The number of nitrogens with zero attached hydrogens (tertiary/aromatic N) is 2. The number of hydrogen-bond donors (Lipinski definition) is 1. The summed E-state index contributed by atoms with van der Waals surface area (Å²) in [5.74, 6) is -1.64. The Morgan fingerprint density at radius 3 is 2.50 bits per heavy atom. The molecule has 1 N–H and O–H groups in total. The van der Waals surface area contributed by atoms with E-state index >= 15 is 0 Å². The number of carboxylic acid groups (broad SMARTS) is 1. The molecule has 0 aliphatic rings. The third-order valence-electron chi connectivity index (χ3n) is 2.15. The predicted molar refractivity (Wildman–Crippen MR) is 65.8 cm³/mol. The van der Waals surface area contributed by atoms with Crippen LogP contribution in [0.5, 0.6) is 0 Å². The normalized spacial score (nSPS) is 9.94. The molecule has 1 aromatic rings. The Hall–Kier alpha value is -2.61. The van der Waals surface area contributed by atoms with Crippen LogP contribution in [0, 0.1) is 11.3 Å². The standard InChI is InChI=1S/C13H12N2O3/c14-9-4-10-15(11-5-2-1-3-6-11)12(16)7-8-13(17)18/h1-3,5-8H,4,10H2,(H,17,18)/b8-7+. The maximum atomic E-state index is 11.8. The van der Waals surface area contributed by atoms with Crippen molar-refractivity contribution in [3.63, 3.8) is 0 Å². The summed E-state index contributed by atoms with van der Waals surface area (Å²) >= 11 is 0. The molecule has 1 aromatic carbocycles. The first kappa shape index (κ1) is 13.5. The molecule has 5 heteroatoms. The van der Waals surface area contributed by atoms with Crippen LogP contribution in [0.2, 0.25) is 0 Å². The molecule has 0 atom stereocenters. The van der Waals surface area contributed by atoms with Gasteiger partial charge in [0.15, 0.2) is 0 Å². The van der Waals surface area contributed by atoms with Gasteiger partial charge in [0.25, 0.3) is 5.91 Å². The molecule has 0 heterocycles. The number of amides is 1. The first-order chi connectivity index (χ1) is 8.65. The lowest BCUT2D eigenvalue weighted by atomic mass is 10.2. The van der Waals surface area contributed by atoms with Crippen molar-refractivity contribution in [1.29, 1.82) is 5.26 Å². The van der Waals surface area contributed by atoms with Gasteiger partial charge >= 0.3 is 5.97 Å². The first-order valence-corrected chi connectivity index (χ1v) is 5.29. The van der Waals surface area contributed by atoms with Crippen molar-refractivity contribution in [2.45, 2.75) is 6.42 Å². The van der Waals surface area contributed by atoms with Gasteiger partial charge in [-0.05, 0) is 12.1 Å². The number of aliphatic carboxylic acids is 1. The van der Waals surface area contributed by atoms with Crippen molar-refractivity contribution in [2.75, 3.05) is 11.4 Å². The van der Waals surface area contributed by atoms with Gasteiger partial charge in [0.1, 0.15) is 0 Å². The molecule has 0 saturated heterocycles. The van der Waals surface area contributed by atoms with Gasteiger partial charge in [-0.1, -0.05) is 18.2 Å². The molecule has 0 saturated carbocycles. The zero-order chi connectivity index (χ0) is 13.4. The van der Waals surface area contributed by atoms with E-state index in [-0.39, 0.29) is 13.0 Å². The van der Waals surface area contributed by atoms with Crippen LogP contribution in [-0.4, -0.2) is 23.5 Å². The molecule has 0 aliphatic carbocycles. The lowest BCUT2D eigenvalue weighted by molar-refractivity contribution is -0.131. The molecule has 1 amide bonds. The van der Waals surface area contributed by atoms with E-state index in [2.05, 4.69) is 0 Å². The van der Waals surface area contributed by atoms with E-state index in [1.807, 2.05) is 12.1 Å².